The van der Waals surface area contributed by atoms with E-state index in [1.54, 1.807) is 41.2 Å². The monoisotopic (exact) mass is 421 g/mol. The Morgan fingerprint density at radius 3 is 2.42 bits per heavy atom. The van der Waals surface area contributed by atoms with Gasteiger partial charge in [0.05, 0.1) is 17.8 Å². The lowest BCUT2D eigenvalue weighted by Crippen LogP contribution is -2.31. The van der Waals surface area contributed by atoms with Crippen LogP contribution in [0.25, 0.3) is 0 Å². The third kappa shape index (κ3) is 5.94. The van der Waals surface area contributed by atoms with E-state index in [-0.39, 0.29) is 6.04 Å². The van der Waals surface area contributed by atoms with Crippen LogP contribution in [-0.4, -0.2) is 27.8 Å². The molecule has 0 fully saturated rings. The Balaban J connectivity index is 1.53. The predicted molar refractivity (Wildman–Crippen MR) is 118 cm³/mol. The molecule has 7 heteroatoms. The van der Waals surface area contributed by atoms with Crippen LogP contribution in [0.4, 0.5) is 5.82 Å². The van der Waals surface area contributed by atoms with E-state index >= 15 is 0 Å². The Kier molecular flexibility index (Phi) is 7.43. The number of hydrogen-bond acceptors (Lipinski definition) is 5. The van der Waals surface area contributed by atoms with Gasteiger partial charge in [-0.2, -0.15) is 5.10 Å². The Bertz CT molecular complexity index is 999. The minimum Gasteiger partial charge on any atom is -0.489 e. The van der Waals surface area contributed by atoms with Crippen molar-refractivity contribution >= 4 is 17.7 Å². The van der Waals surface area contributed by atoms with Gasteiger partial charge in [-0.05, 0) is 50.1 Å². The molecule has 1 N–H and O–H groups in total. The number of carbonyl (C=O) groups excluding carboxylic acids is 2. The summed E-state index contributed by atoms with van der Waals surface area (Å²) in [5.74, 6) is 0.223. The first kappa shape index (κ1) is 22.1. The lowest BCUT2D eigenvalue weighted by atomic mass is 10.2. The van der Waals surface area contributed by atoms with Crippen molar-refractivity contribution in [2.24, 2.45) is 0 Å². The van der Waals surface area contributed by atoms with Gasteiger partial charge in [0.2, 0.25) is 0 Å². The molecule has 0 radical (unpaired) electrons. The molecule has 1 amide bonds. The second-order valence-electron chi connectivity index (χ2n) is 7.25. The van der Waals surface area contributed by atoms with Crippen LogP contribution in [0.1, 0.15) is 49.2 Å². The number of hydrogen-bond donors (Lipinski definition) is 1. The van der Waals surface area contributed by atoms with Crippen molar-refractivity contribution < 1.29 is 19.1 Å². The molecule has 0 bridgehead atoms. The van der Waals surface area contributed by atoms with E-state index in [4.69, 9.17) is 9.47 Å². The highest BCUT2D eigenvalue weighted by Crippen LogP contribution is 2.18. The van der Waals surface area contributed by atoms with Crippen LogP contribution in [0.5, 0.6) is 5.75 Å². The minimum absolute atomic E-state index is 0.144. The molecule has 31 heavy (non-hydrogen) atoms. The van der Waals surface area contributed by atoms with Crippen LogP contribution < -0.4 is 10.1 Å². The number of nitrogens with zero attached hydrogens (tertiary/aromatic N) is 2. The highest BCUT2D eigenvalue weighted by Gasteiger charge is 2.21. The normalized spacial score (nSPS) is 12.6. The number of amides is 1. The van der Waals surface area contributed by atoms with E-state index in [0.717, 1.165) is 12.0 Å². The number of anilines is 1. The molecule has 0 saturated heterocycles. The lowest BCUT2D eigenvalue weighted by Gasteiger charge is -2.17. The maximum Gasteiger partial charge on any atom is 0.338 e. The van der Waals surface area contributed by atoms with E-state index in [1.807, 2.05) is 44.2 Å². The molecule has 2 aromatic carbocycles. The van der Waals surface area contributed by atoms with Gasteiger partial charge in [0.15, 0.2) is 6.10 Å². The van der Waals surface area contributed by atoms with Gasteiger partial charge in [-0.3, -0.25) is 4.79 Å². The standard InChI is InChI=1S/C24H27N3O4/c1-4-17(2)27-22(14-15-25-27)26-23(28)18(3)31-24(29)20-10-12-21(13-11-20)30-16-19-8-6-5-7-9-19/h5-15,17-18H,4,16H2,1-3H3,(H,26,28)/t17-,18-/m1/s1. The molecule has 0 aliphatic rings. The van der Waals surface area contributed by atoms with Crippen molar-refractivity contribution in [2.75, 3.05) is 5.32 Å². The highest BCUT2D eigenvalue weighted by molar-refractivity contribution is 5.96. The number of esters is 1. The number of nitrogens with one attached hydrogen (secondary N) is 1. The van der Waals surface area contributed by atoms with Crippen molar-refractivity contribution in [1.82, 2.24) is 9.78 Å². The summed E-state index contributed by atoms with van der Waals surface area (Å²) in [6, 6.07) is 18.3. The first-order valence-corrected chi connectivity index (χ1v) is 10.3. The topological polar surface area (TPSA) is 82.5 Å². The summed E-state index contributed by atoms with van der Waals surface area (Å²) in [4.78, 5) is 24.9. The van der Waals surface area contributed by atoms with E-state index < -0.39 is 18.0 Å². The average Bonchev–Trinajstić information content (AvgIpc) is 3.26. The summed E-state index contributed by atoms with van der Waals surface area (Å²) < 4.78 is 12.8. The molecule has 0 aliphatic carbocycles. The van der Waals surface area contributed by atoms with Gasteiger partial charge in [0.1, 0.15) is 18.2 Å². The first-order chi connectivity index (χ1) is 15.0. The molecule has 0 spiro atoms. The largest absolute Gasteiger partial charge is 0.489 e. The zero-order valence-electron chi connectivity index (χ0n) is 17.9. The molecule has 3 rings (SSSR count). The van der Waals surface area contributed by atoms with Gasteiger partial charge < -0.3 is 14.8 Å². The van der Waals surface area contributed by atoms with Crippen LogP contribution in [0.3, 0.4) is 0 Å². The Morgan fingerprint density at radius 2 is 1.74 bits per heavy atom. The third-order valence-corrected chi connectivity index (χ3v) is 4.92. The third-order valence-electron chi connectivity index (χ3n) is 4.92. The smallest absolute Gasteiger partial charge is 0.338 e. The predicted octanol–water partition coefficient (Wildman–Crippen LogP) is 4.62. The average molecular weight is 421 g/mol. The van der Waals surface area contributed by atoms with Crippen molar-refractivity contribution in [1.29, 1.82) is 0 Å². The zero-order chi connectivity index (χ0) is 22.2. The van der Waals surface area contributed by atoms with Gasteiger partial charge in [-0.1, -0.05) is 37.3 Å². The van der Waals surface area contributed by atoms with Gasteiger partial charge >= 0.3 is 5.97 Å². The molecular formula is C24H27N3O4. The van der Waals surface area contributed by atoms with Crippen LogP contribution in [0.2, 0.25) is 0 Å². The second-order valence-corrected chi connectivity index (χ2v) is 7.25. The molecule has 3 aromatic rings. The SMILES string of the molecule is CC[C@@H](C)n1nccc1NC(=O)[C@@H](C)OC(=O)c1ccc(OCc2ccccc2)cc1. The summed E-state index contributed by atoms with van der Waals surface area (Å²) in [6.45, 7) is 6.03. The summed E-state index contributed by atoms with van der Waals surface area (Å²) in [5.41, 5.74) is 1.40. The fraction of sp³-hybridized carbons (Fsp3) is 0.292. The van der Waals surface area contributed by atoms with Crippen LogP contribution >= 0.6 is 0 Å². The Hall–Kier alpha value is -3.61. The lowest BCUT2D eigenvalue weighted by molar-refractivity contribution is -0.123. The number of ether oxygens (including phenoxy) is 2. The molecule has 1 heterocycles. The molecule has 0 aliphatic heterocycles. The van der Waals surface area contributed by atoms with E-state index in [0.29, 0.717) is 23.7 Å². The Morgan fingerprint density at radius 1 is 1.03 bits per heavy atom. The van der Waals surface area contributed by atoms with E-state index in [9.17, 15) is 9.59 Å². The van der Waals surface area contributed by atoms with Crippen LogP contribution in [0, 0.1) is 0 Å². The van der Waals surface area contributed by atoms with E-state index in [2.05, 4.69) is 10.4 Å². The molecule has 0 unspecified atom stereocenters. The maximum absolute atomic E-state index is 12.5. The number of aromatic nitrogens is 2. The van der Waals surface area contributed by atoms with E-state index in [1.165, 1.54) is 6.92 Å². The van der Waals surface area contributed by atoms with Crippen molar-refractivity contribution in [2.45, 2.75) is 45.9 Å². The van der Waals surface area contributed by atoms with Crippen molar-refractivity contribution in [3.8, 4) is 5.75 Å². The summed E-state index contributed by atoms with van der Waals surface area (Å²) in [6.07, 6.45) is 1.54. The summed E-state index contributed by atoms with van der Waals surface area (Å²) in [7, 11) is 0. The number of benzene rings is 2. The van der Waals surface area contributed by atoms with Crippen LogP contribution in [0.15, 0.2) is 66.9 Å². The van der Waals surface area contributed by atoms with Crippen LogP contribution in [-0.2, 0) is 16.1 Å². The zero-order valence-corrected chi connectivity index (χ0v) is 17.9. The van der Waals surface area contributed by atoms with Gasteiger partial charge in [-0.15, -0.1) is 0 Å². The molecular weight excluding hydrogens is 394 g/mol. The first-order valence-electron chi connectivity index (χ1n) is 10.3. The second kappa shape index (κ2) is 10.4. The van der Waals surface area contributed by atoms with Gasteiger partial charge in [0, 0.05) is 6.07 Å². The summed E-state index contributed by atoms with van der Waals surface area (Å²) in [5, 5.41) is 7.00. The minimum atomic E-state index is -0.957. The number of carbonyl (C=O) groups is 2. The summed E-state index contributed by atoms with van der Waals surface area (Å²) >= 11 is 0. The number of rotatable bonds is 9. The fourth-order valence-electron chi connectivity index (χ4n) is 2.88. The van der Waals surface area contributed by atoms with Gasteiger partial charge in [0.25, 0.3) is 5.91 Å². The Labute approximate surface area is 182 Å². The highest BCUT2D eigenvalue weighted by atomic mass is 16.5. The van der Waals surface area contributed by atoms with Gasteiger partial charge in [-0.25, -0.2) is 9.48 Å². The van der Waals surface area contributed by atoms with Crippen molar-refractivity contribution in [3.63, 3.8) is 0 Å². The molecule has 162 valence electrons. The maximum atomic E-state index is 12.5. The quantitative estimate of drug-likeness (QED) is 0.510. The molecule has 2 atom stereocenters. The van der Waals surface area contributed by atoms with Crippen molar-refractivity contribution in [3.05, 3.63) is 78.0 Å². The molecule has 0 saturated carbocycles. The molecule has 1 aromatic heterocycles. The molecule has 7 nitrogen and oxygen atoms in total. The fourth-order valence-corrected chi connectivity index (χ4v) is 2.88.